The maximum Gasteiger partial charge on any atom is 0.227 e. The first-order valence-electron chi connectivity index (χ1n) is 12.6. The number of hydrogen-bond donors (Lipinski definition) is 1. The second-order valence-electron chi connectivity index (χ2n) is 9.16. The average Bonchev–Trinajstić information content (AvgIpc) is 3.34. The minimum atomic E-state index is -0.465. The Morgan fingerprint density at radius 3 is 2.59 bits per heavy atom. The van der Waals surface area contributed by atoms with Crippen molar-refractivity contribution in [3.8, 4) is 11.5 Å². The van der Waals surface area contributed by atoms with Crippen molar-refractivity contribution in [2.24, 2.45) is 0 Å². The summed E-state index contributed by atoms with van der Waals surface area (Å²) in [5.41, 5.74) is 4.43. The fourth-order valence-corrected chi connectivity index (χ4v) is 5.73. The van der Waals surface area contributed by atoms with Crippen molar-refractivity contribution in [2.75, 3.05) is 19.0 Å². The Morgan fingerprint density at radius 2 is 1.85 bits per heavy atom. The van der Waals surface area contributed by atoms with E-state index in [0.29, 0.717) is 45.6 Å². The highest BCUT2D eigenvalue weighted by molar-refractivity contribution is 7.98. The lowest BCUT2D eigenvalue weighted by Gasteiger charge is -2.28. The predicted molar refractivity (Wildman–Crippen MR) is 155 cm³/mol. The number of ether oxygens (including phenoxy) is 2. The monoisotopic (exact) mass is 560 g/mol. The van der Waals surface area contributed by atoms with Gasteiger partial charge in [0.05, 0.1) is 13.7 Å². The molecule has 1 atom stereocenters. The number of thioether (sulfide) groups is 1. The van der Waals surface area contributed by atoms with Crippen LogP contribution in [0.2, 0.25) is 5.02 Å². The molecular weight excluding hydrogens is 532 g/mol. The molecule has 0 bridgehead atoms. The third-order valence-corrected chi connectivity index (χ3v) is 7.78. The van der Waals surface area contributed by atoms with E-state index in [4.69, 9.17) is 31.2 Å². The Kier molecular flexibility index (Phi) is 8.24. The Balaban J connectivity index is 1.41. The van der Waals surface area contributed by atoms with E-state index in [-0.39, 0.29) is 5.78 Å². The Morgan fingerprint density at radius 1 is 1.08 bits per heavy atom. The lowest BCUT2D eigenvalue weighted by atomic mass is 9.93. The molecule has 200 valence electrons. The molecule has 0 spiro atoms. The average molecular weight is 561 g/mol. The predicted octanol–water partition coefficient (Wildman–Crippen LogP) is 6.73. The molecular formula is C30H29ClN4O3S. The molecule has 1 aliphatic heterocycles. The van der Waals surface area contributed by atoms with Crippen LogP contribution in [0, 0.1) is 0 Å². The standard InChI is InChI=1S/C30H29ClN4O3S/c1-19-27(20(2)36)28(35-29(32-19)33-30(34-35)39-18-23-11-7-8-12-24(23)31)22-13-14-25(26(17-22)37-3)38-16-15-21-9-5-4-6-10-21/h4-14,17,28H,15-16,18H2,1-3H3,(H,32,33,34). The van der Waals surface area contributed by atoms with E-state index in [0.717, 1.165) is 23.2 Å². The van der Waals surface area contributed by atoms with Crippen LogP contribution >= 0.6 is 23.4 Å². The molecule has 3 aromatic carbocycles. The number of hydrogen-bond acceptors (Lipinski definition) is 7. The van der Waals surface area contributed by atoms with Crippen LogP contribution in [0.3, 0.4) is 0 Å². The topological polar surface area (TPSA) is 78.3 Å². The molecule has 0 saturated carbocycles. The number of carbonyl (C=O) groups is 1. The lowest BCUT2D eigenvalue weighted by molar-refractivity contribution is -0.114. The van der Waals surface area contributed by atoms with Crippen molar-refractivity contribution in [3.05, 3.63) is 106 Å². The number of rotatable bonds is 10. The van der Waals surface area contributed by atoms with Crippen molar-refractivity contribution < 1.29 is 14.3 Å². The van der Waals surface area contributed by atoms with Gasteiger partial charge in [0.15, 0.2) is 17.3 Å². The smallest absolute Gasteiger partial charge is 0.227 e. The van der Waals surface area contributed by atoms with Gasteiger partial charge in [0.25, 0.3) is 0 Å². The summed E-state index contributed by atoms with van der Waals surface area (Å²) in [4.78, 5) is 17.5. The normalized spacial score (nSPS) is 14.5. The summed E-state index contributed by atoms with van der Waals surface area (Å²) in [5.74, 6) is 2.40. The zero-order valence-electron chi connectivity index (χ0n) is 22.0. The van der Waals surface area contributed by atoms with Gasteiger partial charge in [0.2, 0.25) is 11.1 Å². The van der Waals surface area contributed by atoms with Gasteiger partial charge in [-0.05, 0) is 48.7 Å². The third kappa shape index (κ3) is 5.97. The van der Waals surface area contributed by atoms with Crippen LogP contribution in [-0.2, 0) is 17.0 Å². The SMILES string of the molecule is COc1cc(C2C(C(C)=O)=C(C)Nc3nc(SCc4ccccc4Cl)nn32)ccc1OCCc1ccccc1. The number of nitrogens with one attached hydrogen (secondary N) is 1. The molecule has 0 amide bonds. The highest BCUT2D eigenvalue weighted by Crippen LogP contribution is 2.40. The number of fused-ring (bicyclic) bond motifs is 1. The fourth-order valence-electron chi connectivity index (χ4n) is 4.61. The molecule has 1 unspecified atom stereocenters. The van der Waals surface area contributed by atoms with Gasteiger partial charge in [-0.3, -0.25) is 4.79 Å². The van der Waals surface area contributed by atoms with E-state index in [1.54, 1.807) is 18.7 Å². The first-order valence-corrected chi connectivity index (χ1v) is 14.0. The Hall–Kier alpha value is -3.75. The van der Waals surface area contributed by atoms with Gasteiger partial charge >= 0.3 is 0 Å². The van der Waals surface area contributed by atoms with Crippen molar-refractivity contribution in [3.63, 3.8) is 0 Å². The molecule has 0 saturated heterocycles. The summed E-state index contributed by atoms with van der Waals surface area (Å²) in [6.07, 6.45) is 0.785. The molecule has 0 aliphatic carbocycles. The van der Waals surface area contributed by atoms with Gasteiger partial charge in [-0.1, -0.05) is 78.0 Å². The van der Waals surface area contributed by atoms with E-state index >= 15 is 0 Å². The highest BCUT2D eigenvalue weighted by Gasteiger charge is 2.33. The molecule has 1 N–H and O–H groups in total. The first kappa shape index (κ1) is 26.8. The van der Waals surface area contributed by atoms with E-state index in [2.05, 4.69) is 17.4 Å². The van der Waals surface area contributed by atoms with Gasteiger partial charge in [0.1, 0.15) is 6.04 Å². The van der Waals surface area contributed by atoms with Gasteiger partial charge in [-0.25, -0.2) is 4.68 Å². The van der Waals surface area contributed by atoms with Crippen molar-refractivity contribution in [1.29, 1.82) is 0 Å². The lowest BCUT2D eigenvalue weighted by Crippen LogP contribution is -2.27. The van der Waals surface area contributed by atoms with Gasteiger partial charge in [-0.2, -0.15) is 4.98 Å². The van der Waals surface area contributed by atoms with Crippen LogP contribution in [0.25, 0.3) is 0 Å². The number of ketones is 1. The van der Waals surface area contributed by atoms with E-state index in [1.165, 1.54) is 17.3 Å². The number of benzene rings is 3. The first-order chi connectivity index (χ1) is 18.9. The number of Topliss-reactive ketones (excluding diaryl/α,β-unsaturated/α-hetero) is 1. The van der Waals surface area contributed by atoms with Crippen molar-refractivity contribution in [2.45, 2.75) is 37.2 Å². The van der Waals surface area contributed by atoms with Gasteiger partial charge in [-0.15, -0.1) is 5.10 Å². The van der Waals surface area contributed by atoms with E-state index < -0.39 is 6.04 Å². The molecule has 7 nitrogen and oxygen atoms in total. The summed E-state index contributed by atoms with van der Waals surface area (Å²) < 4.78 is 13.5. The molecule has 39 heavy (non-hydrogen) atoms. The number of carbonyl (C=O) groups excluding carboxylic acids is 1. The fraction of sp³-hybridized carbons (Fsp3) is 0.233. The molecule has 4 aromatic rings. The molecule has 0 fully saturated rings. The minimum absolute atomic E-state index is 0.0430. The summed E-state index contributed by atoms with van der Waals surface area (Å²) >= 11 is 7.82. The van der Waals surface area contributed by atoms with Gasteiger partial charge in [0, 0.05) is 28.5 Å². The second kappa shape index (κ2) is 12.0. The van der Waals surface area contributed by atoms with E-state index in [9.17, 15) is 4.79 Å². The minimum Gasteiger partial charge on any atom is -0.493 e. The van der Waals surface area contributed by atoms with Crippen LogP contribution < -0.4 is 14.8 Å². The second-order valence-corrected chi connectivity index (χ2v) is 10.5. The molecule has 1 aliphatic rings. The number of allylic oxidation sites excluding steroid dienone is 2. The van der Waals surface area contributed by atoms with Crippen molar-refractivity contribution in [1.82, 2.24) is 14.8 Å². The molecule has 0 radical (unpaired) electrons. The number of nitrogens with zero attached hydrogens (tertiary/aromatic N) is 3. The Bertz CT molecular complexity index is 1520. The number of anilines is 1. The molecule has 9 heteroatoms. The number of halogens is 1. The summed E-state index contributed by atoms with van der Waals surface area (Å²) in [6, 6.07) is 23.2. The van der Waals surface area contributed by atoms with Crippen LogP contribution in [0.5, 0.6) is 11.5 Å². The van der Waals surface area contributed by atoms with Crippen LogP contribution in [-0.4, -0.2) is 34.3 Å². The highest BCUT2D eigenvalue weighted by atomic mass is 35.5. The molecule has 5 rings (SSSR count). The zero-order valence-corrected chi connectivity index (χ0v) is 23.6. The summed E-state index contributed by atoms with van der Waals surface area (Å²) in [7, 11) is 1.61. The summed E-state index contributed by atoms with van der Waals surface area (Å²) in [5, 5.41) is 9.34. The zero-order chi connectivity index (χ0) is 27.4. The van der Waals surface area contributed by atoms with Crippen LogP contribution in [0.1, 0.15) is 36.6 Å². The van der Waals surface area contributed by atoms with Crippen molar-refractivity contribution >= 4 is 35.1 Å². The molecule has 2 heterocycles. The van der Waals surface area contributed by atoms with Gasteiger partial charge < -0.3 is 14.8 Å². The third-order valence-electron chi connectivity index (χ3n) is 6.52. The quantitative estimate of drug-likeness (QED) is 0.215. The molecule has 1 aromatic heterocycles. The Labute approximate surface area is 237 Å². The number of aromatic nitrogens is 3. The van der Waals surface area contributed by atoms with Crippen LogP contribution in [0.15, 0.2) is 89.2 Å². The maximum atomic E-state index is 12.8. The summed E-state index contributed by atoms with van der Waals surface area (Å²) in [6.45, 7) is 3.97. The largest absolute Gasteiger partial charge is 0.493 e. The number of methoxy groups -OCH3 is 1. The van der Waals surface area contributed by atoms with Crippen LogP contribution in [0.4, 0.5) is 5.95 Å². The maximum absolute atomic E-state index is 12.8. The van der Waals surface area contributed by atoms with E-state index in [1.807, 2.05) is 67.6 Å².